The Morgan fingerprint density at radius 2 is 2.30 bits per heavy atom. The molecule has 0 aliphatic carbocycles. The molecule has 0 bridgehead atoms. The van der Waals surface area contributed by atoms with E-state index in [4.69, 9.17) is 16.3 Å². The number of rotatable bonds is 6. The lowest BCUT2D eigenvalue weighted by atomic mass is 9.78. The maximum Gasteiger partial charge on any atom is 0.0847 e. The maximum absolute atomic E-state index is 6.41. The van der Waals surface area contributed by atoms with Gasteiger partial charge in [0.1, 0.15) is 0 Å². The van der Waals surface area contributed by atoms with E-state index in [1.54, 1.807) is 0 Å². The fraction of sp³-hybridized carbons (Fsp3) is 0.800. The summed E-state index contributed by atoms with van der Waals surface area (Å²) < 4.78 is 7.69. The minimum Gasteiger partial charge on any atom is -0.381 e. The number of aromatic nitrogens is 2. The van der Waals surface area contributed by atoms with Crippen LogP contribution in [0.1, 0.15) is 37.6 Å². The van der Waals surface area contributed by atoms with Gasteiger partial charge < -0.3 is 10.1 Å². The minimum absolute atomic E-state index is 0.150. The van der Waals surface area contributed by atoms with Crippen LogP contribution in [0.3, 0.4) is 0 Å². The van der Waals surface area contributed by atoms with Crippen molar-refractivity contribution < 1.29 is 4.74 Å². The summed E-state index contributed by atoms with van der Waals surface area (Å²) in [5.41, 5.74) is 2.20. The second kappa shape index (κ2) is 6.92. The molecule has 114 valence electrons. The third-order valence-electron chi connectivity index (χ3n) is 4.13. The molecule has 1 aromatic heterocycles. The largest absolute Gasteiger partial charge is 0.381 e. The van der Waals surface area contributed by atoms with Crippen molar-refractivity contribution in [1.29, 1.82) is 0 Å². The molecule has 1 unspecified atom stereocenters. The van der Waals surface area contributed by atoms with Gasteiger partial charge in [0.25, 0.3) is 0 Å². The zero-order chi connectivity index (χ0) is 14.6. The van der Waals surface area contributed by atoms with Gasteiger partial charge in [0.05, 0.1) is 23.0 Å². The summed E-state index contributed by atoms with van der Waals surface area (Å²) in [4.78, 5) is 0. The smallest absolute Gasteiger partial charge is 0.0847 e. The average Bonchev–Trinajstić information content (AvgIpc) is 2.67. The Morgan fingerprint density at radius 1 is 1.50 bits per heavy atom. The number of halogens is 1. The minimum atomic E-state index is 0.150. The summed E-state index contributed by atoms with van der Waals surface area (Å²) in [6.45, 7) is 7.89. The van der Waals surface area contributed by atoms with E-state index in [0.29, 0.717) is 0 Å². The van der Waals surface area contributed by atoms with Gasteiger partial charge in [-0.05, 0) is 39.2 Å². The Balaban J connectivity index is 2.14. The number of nitrogens with one attached hydrogen (secondary N) is 1. The molecule has 0 aromatic carbocycles. The highest BCUT2D eigenvalue weighted by Crippen LogP contribution is 2.34. The summed E-state index contributed by atoms with van der Waals surface area (Å²) in [5.74, 6) is 0. The highest BCUT2D eigenvalue weighted by atomic mass is 35.5. The van der Waals surface area contributed by atoms with E-state index in [-0.39, 0.29) is 5.41 Å². The zero-order valence-corrected chi connectivity index (χ0v) is 13.6. The first-order valence-electron chi connectivity index (χ1n) is 7.54. The monoisotopic (exact) mass is 299 g/mol. The van der Waals surface area contributed by atoms with Crippen LogP contribution in [0.5, 0.6) is 0 Å². The third kappa shape index (κ3) is 3.54. The van der Waals surface area contributed by atoms with Gasteiger partial charge in [-0.3, -0.25) is 4.68 Å². The normalized spacial score (nSPS) is 23.2. The Hall–Kier alpha value is -0.580. The molecule has 1 fully saturated rings. The van der Waals surface area contributed by atoms with E-state index in [0.717, 1.165) is 62.0 Å². The highest BCUT2D eigenvalue weighted by Gasteiger charge is 2.34. The second-order valence-electron chi connectivity index (χ2n) is 5.98. The van der Waals surface area contributed by atoms with Gasteiger partial charge in [-0.2, -0.15) is 5.10 Å². The molecule has 5 heteroatoms. The van der Waals surface area contributed by atoms with Crippen LogP contribution in [-0.4, -0.2) is 36.1 Å². The molecule has 2 rings (SSSR count). The van der Waals surface area contributed by atoms with Gasteiger partial charge in [0.2, 0.25) is 0 Å². The maximum atomic E-state index is 6.41. The molecule has 20 heavy (non-hydrogen) atoms. The van der Waals surface area contributed by atoms with Gasteiger partial charge in [-0.25, -0.2) is 0 Å². The van der Waals surface area contributed by atoms with Crippen LogP contribution in [-0.2, 0) is 18.2 Å². The summed E-state index contributed by atoms with van der Waals surface area (Å²) in [6, 6.07) is 0. The van der Waals surface area contributed by atoms with E-state index >= 15 is 0 Å². The van der Waals surface area contributed by atoms with Crippen LogP contribution in [0.25, 0.3) is 0 Å². The van der Waals surface area contributed by atoms with Gasteiger partial charge >= 0.3 is 0 Å². The van der Waals surface area contributed by atoms with E-state index in [1.165, 1.54) is 6.42 Å². The number of hydrogen-bond acceptors (Lipinski definition) is 3. The Morgan fingerprint density at radius 3 is 2.85 bits per heavy atom. The first kappa shape index (κ1) is 15.8. The van der Waals surface area contributed by atoms with Crippen molar-refractivity contribution in [3.8, 4) is 0 Å². The quantitative estimate of drug-likeness (QED) is 0.821. The predicted molar refractivity (Wildman–Crippen MR) is 82.3 cm³/mol. The van der Waals surface area contributed by atoms with Gasteiger partial charge in [-0.15, -0.1) is 0 Å². The van der Waals surface area contributed by atoms with Crippen molar-refractivity contribution in [1.82, 2.24) is 15.1 Å². The predicted octanol–water partition coefficient (Wildman–Crippen LogP) is 2.72. The fourth-order valence-corrected chi connectivity index (χ4v) is 3.24. The lowest BCUT2D eigenvalue weighted by Gasteiger charge is -2.37. The molecule has 4 nitrogen and oxygen atoms in total. The summed E-state index contributed by atoms with van der Waals surface area (Å²) in [5, 5.41) is 8.80. The molecule has 1 saturated heterocycles. The van der Waals surface area contributed by atoms with Crippen molar-refractivity contribution in [3.63, 3.8) is 0 Å². The second-order valence-corrected chi connectivity index (χ2v) is 6.36. The molecular formula is C15H26ClN3O. The van der Waals surface area contributed by atoms with Crippen LogP contribution in [0.15, 0.2) is 0 Å². The molecule has 1 aliphatic heterocycles. The Labute approximate surface area is 126 Å². The van der Waals surface area contributed by atoms with Crippen LogP contribution in [0.2, 0.25) is 5.02 Å². The van der Waals surface area contributed by atoms with Crippen molar-refractivity contribution in [3.05, 3.63) is 16.4 Å². The molecule has 0 saturated carbocycles. The number of hydrogen-bond donors (Lipinski definition) is 1. The Bertz CT molecular complexity index is 439. The summed E-state index contributed by atoms with van der Waals surface area (Å²) in [7, 11) is 1.98. The molecule has 1 aliphatic rings. The van der Waals surface area contributed by atoms with Crippen molar-refractivity contribution >= 4 is 11.6 Å². The van der Waals surface area contributed by atoms with Gasteiger partial charge in [-0.1, -0.05) is 18.5 Å². The van der Waals surface area contributed by atoms with Crippen LogP contribution in [0.4, 0.5) is 0 Å². The van der Waals surface area contributed by atoms with Gasteiger partial charge in [0, 0.05) is 25.6 Å². The lowest BCUT2D eigenvalue weighted by Crippen LogP contribution is -2.43. The molecule has 2 heterocycles. The van der Waals surface area contributed by atoms with Crippen molar-refractivity contribution in [2.24, 2.45) is 12.5 Å². The first-order valence-corrected chi connectivity index (χ1v) is 7.92. The standard InChI is InChI=1S/C15H26ClN3O/c1-4-7-17-10-15(6-5-8-20-11-15)9-13-14(16)12(2)18-19(13)3/h17H,4-11H2,1-3H3. The van der Waals surface area contributed by atoms with E-state index in [9.17, 15) is 0 Å². The molecule has 0 spiro atoms. The SMILES string of the molecule is CCCNCC1(Cc2c(Cl)c(C)nn2C)CCCOC1. The first-order chi connectivity index (χ1) is 9.58. The summed E-state index contributed by atoms with van der Waals surface area (Å²) in [6.07, 6.45) is 4.40. The number of aryl methyl sites for hydroxylation is 2. The number of nitrogens with zero attached hydrogens (tertiary/aromatic N) is 2. The van der Waals surface area contributed by atoms with E-state index < -0.39 is 0 Å². The Kier molecular flexibility index (Phi) is 5.47. The molecule has 1 atom stereocenters. The molecule has 0 radical (unpaired) electrons. The lowest BCUT2D eigenvalue weighted by molar-refractivity contribution is -0.00795. The molecule has 1 aromatic rings. The third-order valence-corrected chi connectivity index (χ3v) is 4.63. The van der Waals surface area contributed by atoms with Gasteiger partial charge in [0.15, 0.2) is 0 Å². The average molecular weight is 300 g/mol. The van der Waals surface area contributed by atoms with Crippen LogP contribution < -0.4 is 5.32 Å². The van der Waals surface area contributed by atoms with Crippen molar-refractivity contribution in [2.75, 3.05) is 26.3 Å². The number of ether oxygens (including phenoxy) is 1. The van der Waals surface area contributed by atoms with Crippen molar-refractivity contribution in [2.45, 2.75) is 39.5 Å². The summed E-state index contributed by atoms with van der Waals surface area (Å²) >= 11 is 6.41. The molecular weight excluding hydrogens is 274 g/mol. The topological polar surface area (TPSA) is 39.1 Å². The van der Waals surface area contributed by atoms with Crippen LogP contribution >= 0.6 is 11.6 Å². The highest BCUT2D eigenvalue weighted by molar-refractivity contribution is 6.31. The zero-order valence-electron chi connectivity index (χ0n) is 12.8. The van der Waals surface area contributed by atoms with E-state index in [2.05, 4.69) is 17.3 Å². The molecule has 1 N–H and O–H groups in total. The fourth-order valence-electron chi connectivity index (χ4n) is 3.01. The van der Waals surface area contributed by atoms with Crippen LogP contribution in [0, 0.1) is 12.3 Å². The van der Waals surface area contributed by atoms with E-state index in [1.807, 2.05) is 18.7 Å². The molecule has 0 amide bonds.